The molecule has 0 aromatic heterocycles. The van der Waals surface area contributed by atoms with Gasteiger partial charge in [-0.3, -0.25) is 14.2 Å². The van der Waals surface area contributed by atoms with Crippen LogP contribution in [-0.2, 0) is 47.2 Å². The second-order valence-corrected chi connectivity index (χ2v) is 17.3. The van der Waals surface area contributed by atoms with Gasteiger partial charge >= 0.3 is 13.7 Å². The van der Waals surface area contributed by atoms with E-state index in [9.17, 15) is 24.1 Å². The maximum absolute atomic E-state index is 13.9. The predicted molar refractivity (Wildman–Crippen MR) is 196 cm³/mol. The van der Waals surface area contributed by atoms with Gasteiger partial charge in [0.15, 0.2) is 18.2 Å². The lowest BCUT2D eigenvalue weighted by Crippen LogP contribution is -2.70. The zero-order valence-corrected chi connectivity index (χ0v) is 33.3. The minimum absolute atomic E-state index is 0.0289. The Kier molecular flexibility index (Phi) is 14.0. The third-order valence-electron chi connectivity index (χ3n) is 11.0. The molecule has 1 saturated carbocycles. The summed E-state index contributed by atoms with van der Waals surface area (Å²) in [6.07, 6.45) is 2.07. The van der Waals surface area contributed by atoms with Crippen LogP contribution in [0.25, 0.3) is 0 Å². The summed E-state index contributed by atoms with van der Waals surface area (Å²) in [7, 11) is -3.59. The van der Waals surface area contributed by atoms with E-state index in [4.69, 9.17) is 33.0 Å². The van der Waals surface area contributed by atoms with E-state index in [2.05, 4.69) is 22.9 Å². The molecule has 5 fully saturated rings. The molecule has 0 radical (unpaired) electrons. The minimum atomic E-state index is -3.59. The van der Waals surface area contributed by atoms with Crippen LogP contribution < -0.4 is 16.0 Å². The summed E-state index contributed by atoms with van der Waals surface area (Å²) in [6, 6.07) is 5.85. The maximum atomic E-state index is 13.9. The van der Waals surface area contributed by atoms with Gasteiger partial charge in [0.2, 0.25) is 17.6 Å². The molecule has 4 aliphatic heterocycles. The Morgan fingerprint density at radius 2 is 1.65 bits per heavy atom. The summed E-state index contributed by atoms with van der Waals surface area (Å²) in [5.74, 6) is -0.674. The standard InChI is InChI=1S/C38H58N3O12P/c1-8-48-54(46,49-9-2)20-18-29(26-13-11-10-12-14-26)39-32(42)30(21-23(3)4)40-33(43)31(41-36(44)45)22-47-34-25(6)28-16-15-24(5)27-17-19-37(7)51-35(50-34)38(27,28)53-52-37/h10-14,18,20,23-25,27-31,34-35,41H,8-9,15-17,19,21-22H2,1-7H3,(H,39,42)(H,40,43)(H,44,45)/b20-18+/t24-,25-,27+,28+,29?,30?,31?,34+,35-,37-,38-/m1/s1. The molecule has 1 aromatic carbocycles. The molecule has 3 unspecified atom stereocenters. The van der Waals surface area contributed by atoms with E-state index in [0.717, 1.165) is 19.3 Å². The fourth-order valence-corrected chi connectivity index (χ4v) is 9.74. The van der Waals surface area contributed by atoms with Gasteiger partial charge < -0.3 is 44.3 Å². The Hall–Kier alpha value is -2.88. The lowest BCUT2D eigenvalue weighted by molar-refractivity contribution is -0.577. The molecule has 11 atom stereocenters. The monoisotopic (exact) mass is 779 g/mol. The predicted octanol–water partition coefficient (Wildman–Crippen LogP) is 6.02. The van der Waals surface area contributed by atoms with Crippen LogP contribution >= 0.6 is 7.60 Å². The third-order valence-corrected chi connectivity index (χ3v) is 12.8. The molecule has 302 valence electrons. The number of benzene rings is 1. The van der Waals surface area contributed by atoms with Crippen molar-refractivity contribution in [1.29, 1.82) is 0 Å². The van der Waals surface area contributed by atoms with Gasteiger partial charge in [-0.25, -0.2) is 14.6 Å². The summed E-state index contributed by atoms with van der Waals surface area (Å²) in [5.41, 5.74) is -0.120. The van der Waals surface area contributed by atoms with E-state index in [1.807, 2.05) is 33.8 Å². The van der Waals surface area contributed by atoms with E-state index >= 15 is 0 Å². The van der Waals surface area contributed by atoms with Gasteiger partial charge in [-0.1, -0.05) is 58.0 Å². The zero-order chi connectivity index (χ0) is 39.3. The molecule has 6 rings (SSSR count). The minimum Gasteiger partial charge on any atom is -0.465 e. The van der Waals surface area contributed by atoms with E-state index in [0.29, 0.717) is 17.9 Å². The van der Waals surface area contributed by atoms with Gasteiger partial charge in [-0.15, -0.1) is 0 Å². The highest BCUT2D eigenvalue weighted by atomic mass is 31.2. The van der Waals surface area contributed by atoms with Gasteiger partial charge in [-0.2, -0.15) is 0 Å². The van der Waals surface area contributed by atoms with Crippen molar-refractivity contribution in [1.82, 2.24) is 16.0 Å². The van der Waals surface area contributed by atoms with Crippen molar-refractivity contribution in [3.05, 3.63) is 47.8 Å². The summed E-state index contributed by atoms with van der Waals surface area (Å²) < 4.78 is 43.1. The second-order valence-electron chi connectivity index (χ2n) is 15.4. The van der Waals surface area contributed by atoms with Crippen LogP contribution in [0.3, 0.4) is 0 Å². The quantitative estimate of drug-likeness (QED) is 0.107. The molecule has 4 N–H and O–H groups in total. The summed E-state index contributed by atoms with van der Waals surface area (Å²) in [4.78, 5) is 51.8. The average molecular weight is 780 g/mol. The molecule has 4 saturated heterocycles. The number of ether oxygens (including phenoxy) is 3. The molecule has 16 heteroatoms. The van der Waals surface area contributed by atoms with Crippen LogP contribution in [-0.4, -0.2) is 78.9 Å². The van der Waals surface area contributed by atoms with Gasteiger partial charge in [0.05, 0.1) is 25.9 Å². The fraction of sp³-hybridized carbons (Fsp3) is 0.711. The van der Waals surface area contributed by atoms with Gasteiger partial charge in [0, 0.05) is 24.1 Å². The van der Waals surface area contributed by atoms with Crippen LogP contribution in [0.1, 0.15) is 92.2 Å². The summed E-state index contributed by atoms with van der Waals surface area (Å²) >= 11 is 0. The smallest absolute Gasteiger partial charge is 0.405 e. The van der Waals surface area contributed by atoms with Crippen molar-refractivity contribution in [2.75, 3.05) is 19.8 Å². The van der Waals surface area contributed by atoms with Crippen LogP contribution in [0.15, 0.2) is 42.2 Å². The largest absolute Gasteiger partial charge is 0.465 e. The summed E-state index contributed by atoms with van der Waals surface area (Å²) in [5, 5.41) is 17.7. The molecule has 1 aromatic rings. The third kappa shape index (κ3) is 9.55. The Morgan fingerprint density at radius 1 is 0.963 bits per heavy atom. The van der Waals surface area contributed by atoms with Gasteiger partial charge in [0.25, 0.3) is 0 Å². The van der Waals surface area contributed by atoms with Crippen molar-refractivity contribution in [2.24, 2.45) is 29.6 Å². The number of rotatable bonds is 17. The van der Waals surface area contributed by atoms with Gasteiger partial charge in [0.1, 0.15) is 12.1 Å². The number of carbonyl (C=O) groups excluding carboxylic acids is 2. The number of carboxylic acid groups (broad SMARTS) is 1. The van der Waals surface area contributed by atoms with Crippen molar-refractivity contribution in [3.8, 4) is 0 Å². The van der Waals surface area contributed by atoms with E-state index in [-0.39, 0.29) is 49.9 Å². The highest BCUT2D eigenvalue weighted by Crippen LogP contribution is 2.60. The lowest BCUT2D eigenvalue weighted by Gasteiger charge is -2.60. The maximum Gasteiger partial charge on any atom is 0.405 e. The molecule has 15 nitrogen and oxygen atoms in total. The lowest BCUT2D eigenvalue weighted by atomic mass is 9.58. The highest BCUT2D eigenvalue weighted by Gasteiger charge is 2.69. The van der Waals surface area contributed by atoms with Crippen LogP contribution in [0.2, 0.25) is 0 Å². The first kappa shape index (κ1) is 42.3. The van der Waals surface area contributed by atoms with Crippen molar-refractivity contribution in [2.45, 2.75) is 123 Å². The molecule has 3 amide bonds. The SMILES string of the molecule is CCOP(=O)(/C=C/C(NC(=O)C(CC(C)C)NC(=O)C(CO[C@H]1O[C@@H]2O[C@@]3(C)CC[C@H]4[C@H](C)CC[C@@H]([C@H]1C)[C@@]24OO3)NC(=O)O)c1ccccc1)OCC. The van der Waals surface area contributed by atoms with E-state index < -0.39 is 67.6 Å². The second kappa shape index (κ2) is 17.9. The highest BCUT2D eigenvalue weighted by molar-refractivity contribution is 7.57. The number of fused-ring (bicyclic) bond motifs is 2. The number of hydrogen-bond acceptors (Lipinski definition) is 11. The van der Waals surface area contributed by atoms with Crippen molar-refractivity contribution >= 4 is 25.5 Å². The van der Waals surface area contributed by atoms with E-state index in [1.54, 1.807) is 44.2 Å². The average Bonchev–Trinajstić information content (AvgIpc) is 3.35. The molecule has 2 bridgehead atoms. The number of hydrogen-bond donors (Lipinski definition) is 4. The number of amides is 3. The molecule has 54 heavy (non-hydrogen) atoms. The summed E-state index contributed by atoms with van der Waals surface area (Å²) in [6.45, 7) is 13.2. The normalized spacial score (nSPS) is 32.3. The van der Waals surface area contributed by atoms with Crippen molar-refractivity contribution in [3.63, 3.8) is 0 Å². The first-order chi connectivity index (χ1) is 25.6. The Bertz CT molecular complexity index is 1520. The number of nitrogens with one attached hydrogen (secondary N) is 3. The Morgan fingerprint density at radius 3 is 2.30 bits per heavy atom. The molecule has 4 heterocycles. The number of carbonyl (C=O) groups is 3. The zero-order valence-electron chi connectivity index (χ0n) is 32.4. The van der Waals surface area contributed by atoms with Crippen LogP contribution in [0, 0.1) is 29.6 Å². The van der Waals surface area contributed by atoms with Crippen LogP contribution in [0.5, 0.6) is 0 Å². The first-order valence-electron chi connectivity index (χ1n) is 19.2. The van der Waals surface area contributed by atoms with Gasteiger partial charge in [-0.05, 0) is 75.8 Å². The van der Waals surface area contributed by atoms with Crippen LogP contribution in [0.4, 0.5) is 4.79 Å². The molecular weight excluding hydrogens is 721 g/mol. The fourth-order valence-electron chi connectivity index (χ4n) is 8.39. The molecule has 1 aliphatic carbocycles. The molecular formula is C38H58N3O12P. The Balaban J connectivity index is 1.31. The first-order valence-corrected chi connectivity index (χ1v) is 20.8. The van der Waals surface area contributed by atoms with E-state index in [1.165, 1.54) is 5.82 Å². The molecule has 1 spiro atoms. The van der Waals surface area contributed by atoms with Crippen molar-refractivity contribution < 1.29 is 57.1 Å². The molecule has 5 aliphatic rings. The topological polar surface area (TPSA) is 189 Å². The Labute approximate surface area is 318 Å².